The number of hydrogen-bond acceptors (Lipinski definition) is 4. The molecule has 5 rings (SSSR count). The number of para-hydroxylation sites is 2. The minimum absolute atomic E-state index is 0.0972. The van der Waals surface area contributed by atoms with Crippen molar-refractivity contribution < 1.29 is 14.3 Å². The first-order valence-corrected chi connectivity index (χ1v) is 13.4. The molecule has 2 amide bonds. The average Bonchev–Trinajstić information content (AvgIpc) is 3.09. The van der Waals surface area contributed by atoms with E-state index in [4.69, 9.17) is 4.74 Å². The Morgan fingerprint density at radius 2 is 1.76 bits per heavy atom. The van der Waals surface area contributed by atoms with Gasteiger partial charge in [-0.3, -0.25) is 14.5 Å². The van der Waals surface area contributed by atoms with E-state index in [0.717, 1.165) is 27.1 Å². The topological polar surface area (TPSA) is 63.6 Å². The number of aromatic nitrogens is 1. The highest BCUT2D eigenvalue weighted by atomic mass is 32.2. The van der Waals surface area contributed by atoms with Gasteiger partial charge >= 0.3 is 0 Å². The first-order chi connectivity index (χ1) is 17.9. The quantitative estimate of drug-likeness (QED) is 0.354. The van der Waals surface area contributed by atoms with E-state index in [0.29, 0.717) is 23.9 Å². The molecule has 1 aliphatic heterocycles. The number of ether oxygens (including phenoxy) is 1. The summed E-state index contributed by atoms with van der Waals surface area (Å²) in [6.07, 6.45) is 0. The molecule has 6 nitrogen and oxygen atoms in total. The molecule has 190 valence electrons. The lowest BCUT2D eigenvalue weighted by molar-refractivity contribution is -0.125. The molecule has 1 N–H and O–H groups in total. The SMILES string of the molecule is COc1ccccc1CNC(=O)[C@H]1c2c(n(C)c3ccccc23)SCC(=O)N1c1ccc(C(C)C)cc1. The minimum Gasteiger partial charge on any atom is -0.496 e. The molecular formula is C30H31N3O3S. The molecule has 0 spiro atoms. The van der Waals surface area contributed by atoms with Gasteiger partial charge in [0.2, 0.25) is 11.8 Å². The van der Waals surface area contributed by atoms with Crippen LogP contribution in [0.5, 0.6) is 5.75 Å². The predicted octanol–water partition coefficient (Wildman–Crippen LogP) is 5.81. The number of benzene rings is 3. The van der Waals surface area contributed by atoms with Crippen molar-refractivity contribution in [2.24, 2.45) is 7.05 Å². The van der Waals surface area contributed by atoms with Crippen molar-refractivity contribution in [1.82, 2.24) is 9.88 Å². The van der Waals surface area contributed by atoms with Crippen molar-refractivity contribution >= 4 is 40.2 Å². The number of methoxy groups -OCH3 is 1. The van der Waals surface area contributed by atoms with Crippen LogP contribution in [-0.4, -0.2) is 29.2 Å². The summed E-state index contributed by atoms with van der Waals surface area (Å²) in [5, 5.41) is 5.02. The number of nitrogens with zero attached hydrogens (tertiary/aromatic N) is 2. The molecule has 1 aliphatic rings. The number of amides is 2. The summed E-state index contributed by atoms with van der Waals surface area (Å²) in [5.74, 6) is 1.00. The number of nitrogens with one attached hydrogen (secondary N) is 1. The van der Waals surface area contributed by atoms with Crippen molar-refractivity contribution in [3.63, 3.8) is 0 Å². The number of hydrogen-bond donors (Lipinski definition) is 1. The van der Waals surface area contributed by atoms with Gasteiger partial charge in [0.15, 0.2) is 0 Å². The third-order valence-corrected chi connectivity index (χ3v) is 8.11. The molecule has 0 bridgehead atoms. The van der Waals surface area contributed by atoms with Gasteiger partial charge in [-0.2, -0.15) is 0 Å². The monoisotopic (exact) mass is 513 g/mol. The van der Waals surface area contributed by atoms with Crippen LogP contribution in [0.3, 0.4) is 0 Å². The van der Waals surface area contributed by atoms with Gasteiger partial charge in [0.05, 0.1) is 17.9 Å². The second kappa shape index (κ2) is 10.3. The highest BCUT2D eigenvalue weighted by Gasteiger charge is 2.39. The lowest BCUT2D eigenvalue weighted by atomic mass is 10.00. The maximum Gasteiger partial charge on any atom is 0.248 e. The molecule has 37 heavy (non-hydrogen) atoms. The molecule has 0 radical (unpaired) electrons. The Bertz CT molecular complexity index is 1460. The van der Waals surface area contributed by atoms with Gasteiger partial charge in [0.1, 0.15) is 11.8 Å². The Kier molecular flexibility index (Phi) is 6.98. The summed E-state index contributed by atoms with van der Waals surface area (Å²) in [6.45, 7) is 4.57. The van der Waals surface area contributed by atoms with E-state index in [1.165, 1.54) is 17.3 Å². The lowest BCUT2D eigenvalue weighted by Crippen LogP contribution is -2.43. The fraction of sp³-hybridized carbons (Fsp3) is 0.267. The Hall–Kier alpha value is -3.71. The first-order valence-electron chi connectivity index (χ1n) is 12.4. The fourth-order valence-electron chi connectivity index (χ4n) is 5.00. The molecule has 1 atom stereocenters. The van der Waals surface area contributed by atoms with Gasteiger partial charge in [-0.15, -0.1) is 0 Å². The second-order valence-electron chi connectivity index (χ2n) is 9.53. The number of fused-ring (bicyclic) bond motifs is 3. The van der Waals surface area contributed by atoms with Crippen molar-refractivity contribution in [3.05, 3.63) is 89.5 Å². The summed E-state index contributed by atoms with van der Waals surface area (Å²) in [6, 6.07) is 22.9. The zero-order valence-corrected chi connectivity index (χ0v) is 22.3. The second-order valence-corrected chi connectivity index (χ2v) is 10.5. The van der Waals surface area contributed by atoms with Gasteiger partial charge in [-0.05, 0) is 35.7 Å². The van der Waals surface area contributed by atoms with Crippen LogP contribution < -0.4 is 15.0 Å². The lowest BCUT2D eigenvalue weighted by Gasteiger charge is -2.30. The number of anilines is 1. The third-order valence-electron chi connectivity index (χ3n) is 6.96. The van der Waals surface area contributed by atoms with E-state index >= 15 is 0 Å². The van der Waals surface area contributed by atoms with E-state index in [1.54, 1.807) is 12.0 Å². The smallest absolute Gasteiger partial charge is 0.248 e. The zero-order valence-electron chi connectivity index (χ0n) is 21.5. The van der Waals surface area contributed by atoms with E-state index in [9.17, 15) is 9.59 Å². The standard InChI is InChI=1S/C30H31N3O3S/c1-19(2)20-13-15-22(16-14-20)33-26(34)18-37-30-27(23-10-6-7-11-24(23)32(30)3)28(33)29(35)31-17-21-9-5-8-12-25(21)36-4/h5-16,19,28H,17-18H2,1-4H3,(H,31,35)/t28-/m1/s1. The van der Waals surface area contributed by atoms with Crippen LogP contribution >= 0.6 is 11.8 Å². The summed E-state index contributed by atoms with van der Waals surface area (Å²) < 4.78 is 7.57. The number of aryl methyl sites for hydroxylation is 1. The Morgan fingerprint density at radius 3 is 2.49 bits per heavy atom. The van der Waals surface area contributed by atoms with E-state index < -0.39 is 6.04 Å². The van der Waals surface area contributed by atoms with Crippen LogP contribution in [-0.2, 0) is 23.2 Å². The predicted molar refractivity (Wildman–Crippen MR) is 149 cm³/mol. The van der Waals surface area contributed by atoms with Gasteiger partial charge in [0, 0.05) is 41.3 Å². The molecule has 0 fully saturated rings. The third kappa shape index (κ3) is 4.60. The van der Waals surface area contributed by atoms with Crippen molar-refractivity contribution in [2.75, 3.05) is 17.8 Å². The van der Waals surface area contributed by atoms with Gasteiger partial charge in [-0.1, -0.05) is 74.1 Å². The van der Waals surface area contributed by atoms with Crippen LogP contribution in [0.1, 0.15) is 42.5 Å². The summed E-state index contributed by atoms with van der Waals surface area (Å²) in [5.41, 5.74) is 4.67. The van der Waals surface area contributed by atoms with Crippen LogP contribution in [0.4, 0.5) is 5.69 Å². The highest BCUT2D eigenvalue weighted by Crippen LogP contribution is 2.43. The van der Waals surface area contributed by atoms with Gasteiger partial charge in [-0.25, -0.2) is 0 Å². The maximum atomic E-state index is 14.1. The van der Waals surface area contributed by atoms with Crippen molar-refractivity contribution in [3.8, 4) is 5.75 Å². The fourth-order valence-corrected chi connectivity index (χ4v) is 6.07. The van der Waals surface area contributed by atoms with Crippen LogP contribution in [0.25, 0.3) is 10.9 Å². The van der Waals surface area contributed by atoms with Crippen LogP contribution in [0.2, 0.25) is 0 Å². The Balaban J connectivity index is 1.62. The zero-order chi connectivity index (χ0) is 26.1. The van der Waals surface area contributed by atoms with Crippen molar-refractivity contribution in [2.45, 2.75) is 37.4 Å². The van der Waals surface area contributed by atoms with Gasteiger partial charge < -0.3 is 14.6 Å². The maximum absolute atomic E-state index is 14.1. The molecule has 2 heterocycles. The molecule has 1 aromatic heterocycles. The average molecular weight is 514 g/mol. The van der Waals surface area contributed by atoms with E-state index in [1.807, 2.05) is 73.8 Å². The number of carbonyl (C=O) groups excluding carboxylic acids is 2. The summed E-state index contributed by atoms with van der Waals surface area (Å²) >= 11 is 1.49. The number of carbonyl (C=O) groups is 2. The summed E-state index contributed by atoms with van der Waals surface area (Å²) in [7, 11) is 3.61. The minimum atomic E-state index is -0.816. The molecule has 0 saturated carbocycles. The molecule has 0 saturated heterocycles. The molecule has 4 aromatic rings. The first kappa shape index (κ1) is 25.0. The molecule has 0 aliphatic carbocycles. The van der Waals surface area contributed by atoms with Crippen LogP contribution in [0, 0.1) is 0 Å². The number of thioether (sulfide) groups is 1. The van der Waals surface area contributed by atoms with E-state index in [2.05, 4.69) is 29.8 Å². The normalized spacial score (nSPS) is 15.5. The highest BCUT2D eigenvalue weighted by molar-refractivity contribution is 8.00. The molecule has 7 heteroatoms. The summed E-state index contributed by atoms with van der Waals surface area (Å²) in [4.78, 5) is 29.4. The Morgan fingerprint density at radius 1 is 1.05 bits per heavy atom. The largest absolute Gasteiger partial charge is 0.496 e. The molecule has 3 aromatic carbocycles. The van der Waals surface area contributed by atoms with Crippen LogP contribution in [0.15, 0.2) is 77.8 Å². The van der Waals surface area contributed by atoms with Gasteiger partial charge in [0.25, 0.3) is 0 Å². The molecule has 0 unspecified atom stereocenters. The molecular weight excluding hydrogens is 482 g/mol. The number of rotatable bonds is 6. The van der Waals surface area contributed by atoms with E-state index in [-0.39, 0.29) is 17.6 Å². The van der Waals surface area contributed by atoms with Crippen molar-refractivity contribution in [1.29, 1.82) is 0 Å². The Labute approximate surface area is 221 Å².